The van der Waals surface area contributed by atoms with E-state index in [1.807, 2.05) is 0 Å². The Balaban J connectivity index is 2.42. The van der Waals surface area contributed by atoms with Crippen molar-refractivity contribution < 1.29 is 14.7 Å². The minimum absolute atomic E-state index is 0.103. The summed E-state index contributed by atoms with van der Waals surface area (Å²) in [5, 5.41) is 11.0. The van der Waals surface area contributed by atoms with E-state index < -0.39 is 11.9 Å². The zero-order chi connectivity index (χ0) is 8.27. The molecule has 0 radical (unpaired) electrons. The largest absolute Gasteiger partial charge is 0.481 e. The van der Waals surface area contributed by atoms with Crippen molar-refractivity contribution in [3.05, 3.63) is 12.2 Å². The zero-order valence-corrected chi connectivity index (χ0v) is 5.86. The van der Waals surface area contributed by atoms with Crippen LogP contribution in [0.4, 0.5) is 0 Å². The summed E-state index contributed by atoms with van der Waals surface area (Å²) >= 11 is 0. The first-order valence-corrected chi connectivity index (χ1v) is 3.35. The number of rotatable bonds is 3. The molecule has 0 aromatic heterocycles. The van der Waals surface area contributed by atoms with Gasteiger partial charge in [0.1, 0.15) is 0 Å². The molecule has 2 N–H and O–H groups in total. The summed E-state index contributed by atoms with van der Waals surface area (Å²) in [7, 11) is 0. The number of aliphatic carboxylic acids is 1. The van der Waals surface area contributed by atoms with Gasteiger partial charge < -0.3 is 10.4 Å². The van der Waals surface area contributed by atoms with Gasteiger partial charge in [0.2, 0.25) is 6.41 Å². The summed E-state index contributed by atoms with van der Waals surface area (Å²) in [5.74, 6) is -1.27. The number of hydrogen-bond acceptors (Lipinski definition) is 2. The van der Waals surface area contributed by atoms with Crippen LogP contribution in [0.1, 0.15) is 6.42 Å². The van der Waals surface area contributed by atoms with E-state index in [2.05, 4.69) is 5.32 Å². The smallest absolute Gasteiger partial charge is 0.310 e. The molecular weight excluding hydrogens is 146 g/mol. The molecule has 4 heteroatoms. The first kappa shape index (κ1) is 7.78. The first-order chi connectivity index (χ1) is 5.24. The lowest BCUT2D eigenvalue weighted by Gasteiger charge is -2.06. The van der Waals surface area contributed by atoms with Crippen molar-refractivity contribution >= 4 is 12.4 Å². The highest BCUT2D eigenvalue weighted by atomic mass is 16.4. The maximum Gasteiger partial charge on any atom is 0.310 e. The SMILES string of the molecule is O=CNC1C=CC(C(=O)O)C1. The molecule has 0 aromatic rings. The van der Waals surface area contributed by atoms with E-state index in [9.17, 15) is 9.59 Å². The van der Waals surface area contributed by atoms with Crippen LogP contribution in [0.3, 0.4) is 0 Å². The number of carboxylic acids is 1. The molecule has 0 saturated carbocycles. The summed E-state index contributed by atoms with van der Waals surface area (Å²) in [5.41, 5.74) is 0. The lowest BCUT2D eigenvalue weighted by molar-refractivity contribution is -0.140. The fourth-order valence-electron chi connectivity index (χ4n) is 1.09. The van der Waals surface area contributed by atoms with Crippen LogP contribution in [-0.4, -0.2) is 23.5 Å². The minimum atomic E-state index is -0.837. The second kappa shape index (κ2) is 3.18. The van der Waals surface area contributed by atoms with Crippen LogP contribution >= 0.6 is 0 Å². The maximum absolute atomic E-state index is 10.4. The van der Waals surface area contributed by atoms with Crippen molar-refractivity contribution in [1.29, 1.82) is 0 Å². The maximum atomic E-state index is 10.4. The minimum Gasteiger partial charge on any atom is -0.481 e. The summed E-state index contributed by atoms with van der Waals surface area (Å²) in [6.07, 6.45) is 4.35. The quantitative estimate of drug-likeness (QED) is 0.436. The van der Waals surface area contributed by atoms with Gasteiger partial charge >= 0.3 is 5.97 Å². The highest BCUT2D eigenvalue weighted by Crippen LogP contribution is 2.17. The third kappa shape index (κ3) is 1.80. The third-order valence-electron chi connectivity index (χ3n) is 1.68. The Hall–Kier alpha value is -1.32. The molecule has 1 rings (SSSR count). The molecule has 4 nitrogen and oxygen atoms in total. The Labute approximate surface area is 63.9 Å². The predicted molar refractivity (Wildman–Crippen MR) is 37.9 cm³/mol. The molecule has 2 unspecified atom stereocenters. The van der Waals surface area contributed by atoms with Gasteiger partial charge in [-0.1, -0.05) is 12.2 Å². The van der Waals surface area contributed by atoms with Crippen molar-refractivity contribution in [3.8, 4) is 0 Å². The van der Waals surface area contributed by atoms with Gasteiger partial charge in [0.25, 0.3) is 0 Å². The van der Waals surface area contributed by atoms with E-state index in [0.717, 1.165) is 0 Å². The highest BCUT2D eigenvalue weighted by Gasteiger charge is 2.23. The molecule has 1 amide bonds. The summed E-state index contributed by atoms with van der Waals surface area (Å²) in [6.45, 7) is 0. The number of carbonyl (C=O) groups excluding carboxylic acids is 1. The highest BCUT2D eigenvalue weighted by molar-refractivity contribution is 5.73. The Kier molecular flexibility index (Phi) is 2.25. The lowest BCUT2D eigenvalue weighted by atomic mass is 10.1. The number of nitrogens with one attached hydrogen (secondary N) is 1. The van der Waals surface area contributed by atoms with E-state index in [4.69, 9.17) is 5.11 Å². The molecule has 0 aliphatic heterocycles. The Morgan fingerprint density at radius 2 is 2.36 bits per heavy atom. The molecule has 1 aliphatic carbocycles. The van der Waals surface area contributed by atoms with Crippen molar-refractivity contribution in [2.24, 2.45) is 5.92 Å². The van der Waals surface area contributed by atoms with E-state index in [0.29, 0.717) is 12.8 Å². The fourth-order valence-corrected chi connectivity index (χ4v) is 1.09. The summed E-state index contributed by atoms with van der Waals surface area (Å²) in [6, 6.07) is -0.103. The molecule has 0 fully saturated rings. The summed E-state index contributed by atoms with van der Waals surface area (Å²) in [4.78, 5) is 20.3. The lowest BCUT2D eigenvalue weighted by Crippen LogP contribution is -2.25. The molecule has 1 aliphatic rings. The van der Waals surface area contributed by atoms with E-state index in [-0.39, 0.29) is 6.04 Å². The van der Waals surface area contributed by atoms with Crippen LogP contribution < -0.4 is 5.32 Å². The Bertz CT molecular complexity index is 200. The molecule has 0 bridgehead atoms. The van der Waals surface area contributed by atoms with E-state index >= 15 is 0 Å². The molecule has 60 valence electrons. The number of hydrogen-bond donors (Lipinski definition) is 2. The van der Waals surface area contributed by atoms with Crippen LogP contribution in [0.25, 0.3) is 0 Å². The van der Waals surface area contributed by atoms with Crippen LogP contribution in [0, 0.1) is 5.92 Å². The van der Waals surface area contributed by atoms with Crippen LogP contribution in [0.2, 0.25) is 0 Å². The number of carboxylic acid groups (broad SMARTS) is 1. The van der Waals surface area contributed by atoms with Crippen LogP contribution in [-0.2, 0) is 9.59 Å². The molecule has 0 heterocycles. The van der Waals surface area contributed by atoms with Gasteiger partial charge in [0.15, 0.2) is 0 Å². The second-order valence-electron chi connectivity index (χ2n) is 2.46. The van der Waals surface area contributed by atoms with Gasteiger partial charge in [-0.05, 0) is 6.42 Å². The fraction of sp³-hybridized carbons (Fsp3) is 0.429. The predicted octanol–water partition coefficient (Wildman–Crippen LogP) is -0.238. The van der Waals surface area contributed by atoms with Crippen molar-refractivity contribution in [2.75, 3.05) is 0 Å². The topological polar surface area (TPSA) is 66.4 Å². The van der Waals surface area contributed by atoms with Gasteiger partial charge in [0, 0.05) is 6.04 Å². The molecule has 0 aromatic carbocycles. The average molecular weight is 155 g/mol. The third-order valence-corrected chi connectivity index (χ3v) is 1.68. The number of carbonyl (C=O) groups is 2. The van der Waals surface area contributed by atoms with Crippen molar-refractivity contribution in [2.45, 2.75) is 12.5 Å². The second-order valence-corrected chi connectivity index (χ2v) is 2.46. The molecular formula is C7H9NO3. The van der Waals surface area contributed by atoms with Gasteiger partial charge in [0.05, 0.1) is 5.92 Å². The monoisotopic (exact) mass is 155 g/mol. The first-order valence-electron chi connectivity index (χ1n) is 3.35. The molecule has 11 heavy (non-hydrogen) atoms. The molecule has 2 atom stereocenters. The van der Waals surface area contributed by atoms with E-state index in [1.165, 1.54) is 0 Å². The van der Waals surface area contributed by atoms with Crippen molar-refractivity contribution in [3.63, 3.8) is 0 Å². The van der Waals surface area contributed by atoms with Gasteiger partial charge in [-0.15, -0.1) is 0 Å². The van der Waals surface area contributed by atoms with Crippen LogP contribution in [0.15, 0.2) is 12.2 Å². The zero-order valence-electron chi connectivity index (χ0n) is 5.86. The molecule has 0 spiro atoms. The van der Waals surface area contributed by atoms with E-state index in [1.54, 1.807) is 12.2 Å². The van der Waals surface area contributed by atoms with Gasteiger partial charge in [-0.2, -0.15) is 0 Å². The van der Waals surface area contributed by atoms with Crippen molar-refractivity contribution in [1.82, 2.24) is 5.32 Å². The Morgan fingerprint density at radius 1 is 1.64 bits per heavy atom. The summed E-state index contributed by atoms with van der Waals surface area (Å²) < 4.78 is 0. The normalized spacial score (nSPS) is 28.4. The van der Waals surface area contributed by atoms with Gasteiger partial charge in [-0.25, -0.2) is 0 Å². The number of amides is 1. The average Bonchev–Trinajstić information content (AvgIpc) is 2.37. The van der Waals surface area contributed by atoms with Crippen LogP contribution in [0.5, 0.6) is 0 Å². The molecule has 0 saturated heterocycles. The van der Waals surface area contributed by atoms with Gasteiger partial charge in [-0.3, -0.25) is 9.59 Å². The Morgan fingerprint density at radius 3 is 2.82 bits per heavy atom. The standard InChI is InChI=1S/C7H9NO3/c9-4-8-6-2-1-5(3-6)7(10)11/h1-2,4-6H,3H2,(H,8,9)(H,10,11).